The van der Waals surface area contributed by atoms with E-state index in [0.29, 0.717) is 19.5 Å². The molecule has 1 aromatic heterocycles. The molecule has 0 atom stereocenters. The molecule has 102 valence electrons. The number of H-pyrrole nitrogens is 1. The smallest absolute Gasteiger partial charge is 0.335 e. The van der Waals surface area contributed by atoms with Gasteiger partial charge in [-0.25, -0.2) is 4.79 Å². The van der Waals surface area contributed by atoms with Gasteiger partial charge in [0.25, 0.3) is 5.91 Å². The Morgan fingerprint density at radius 1 is 1.30 bits per heavy atom. The summed E-state index contributed by atoms with van der Waals surface area (Å²) in [6.45, 7) is 0.979. The van der Waals surface area contributed by atoms with Crippen molar-refractivity contribution in [3.8, 4) is 0 Å². The van der Waals surface area contributed by atoms with Gasteiger partial charge in [0.1, 0.15) is 0 Å². The summed E-state index contributed by atoms with van der Waals surface area (Å²) in [5.74, 6) is -1.17. The SMILES string of the molecule is O=C(O)c1ccc2c(c1)CN(C(=O)c1cn[nH]n1)CC2. The Balaban J connectivity index is 1.85. The summed E-state index contributed by atoms with van der Waals surface area (Å²) >= 11 is 0. The normalized spacial score (nSPS) is 13.9. The zero-order valence-electron chi connectivity index (χ0n) is 10.5. The number of hydrogen-bond donors (Lipinski definition) is 2. The molecule has 7 nitrogen and oxygen atoms in total. The molecule has 0 fully saturated rings. The Hall–Kier alpha value is -2.70. The number of aromatic nitrogens is 3. The standard InChI is InChI=1S/C13H12N4O3/c18-12(11-6-14-16-15-11)17-4-3-8-1-2-9(13(19)20)5-10(8)7-17/h1-2,5-6H,3-4,7H2,(H,19,20)(H,14,15,16). The van der Waals surface area contributed by atoms with Crippen LogP contribution in [0.1, 0.15) is 32.0 Å². The molecule has 0 unspecified atom stereocenters. The molecule has 0 spiro atoms. The van der Waals surface area contributed by atoms with E-state index < -0.39 is 5.97 Å². The van der Waals surface area contributed by atoms with Gasteiger partial charge in [-0.15, -0.1) is 0 Å². The van der Waals surface area contributed by atoms with Crippen LogP contribution in [0.25, 0.3) is 0 Å². The minimum absolute atomic E-state index is 0.204. The van der Waals surface area contributed by atoms with Crippen LogP contribution < -0.4 is 0 Å². The van der Waals surface area contributed by atoms with Gasteiger partial charge in [-0.2, -0.15) is 15.4 Å². The van der Waals surface area contributed by atoms with E-state index >= 15 is 0 Å². The maximum absolute atomic E-state index is 12.2. The summed E-state index contributed by atoms with van der Waals surface area (Å²) in [4.78, 5) is 24.8. The molecule has 1 aliphatic rings. The van der Waals surface area contributed by atoms with Crippen LogP contribution in [0.2, 0.25) is 0 Å². The van der Waals surface area contributed by atoms with Crippen molar-refractivity contribution in [2.45, 2.75) is 13.0 Å². The van der Waals surface area contributed by atoms with Crippen LogP contribution >= 0.6 is 0 Å². The fourth-order valence-corrected chi connectivity index (χ4v) is 2.33. The van der Waals surface area contributed by atoms with E-state index in [1.807, 2.05) is 6.07 Å². The van der Waals surface area contributed by atoms with Crippen LogP contribution in [0.3, 0.4) is 0 Å². The Morgan fingerprint density at radius 2 is 2.15 bits per heavy atom. The lowest BCUT2D eigenvalue weighted by Gasteiger charge is -2.28. The van der Waals surface area contributed by atoms with Gasteiger partial charge < -0.3 is 10.0 Å². The lowest BCUT2D eigenvalue weighted by atomic mass is 9.97. The van der Waals surface area contributed by atoms with Crippen molar-refractivity contribution >= 4 is 11.9 Å². The van der Waals surface area contributed by atoms with Gasteiger partial charge in [-0.3, -0.25) is 4.79 Å². The Bertz CT molecular complexity index is 666. The predicted molar refractivity (Wildman–Crippen MR) is 68.2 cm³/mol. The van der Waals surface area contributed by atoms with Crippen LogP contribution in [-0.2, 0) is 13.0 Å². The third-order valence-electron chi connectivity index (χ3n) is 3.39. The molecular weight excluding hydrogens is 260 g/mol. The van der Waals surface area contributed by atoms with E-state index in [-0.39, 0.29) is 17.2 Å². The van der Waals surface area contributed by atoms with E-state index in [0.717, 1.165) is 11.1 Å². The highest BCUT2D eigenvalue weighted by atomic mass is 16.4. The lowest BCUT2D eigenvalue weighted by molar-refractivity contribution is 0.0696. The van der Waals surface area contributed by atoms with Crippen LogP contribution in [0, 0.1) is 0 Å². The lowest BCUT2D eigenvalue weighted by Crippen LogP contribution is -2.36. The van der Waals surface area contributed by atoms with E-state index in [1.165, 1.54) is 6.20 Å². The number of aromatic amines is 1. The van der Waals surface area contributed by atoms with Crippen molar-refractivity contribution in [2.75, 3.05) is 6.54 Å². The summed E-state index contributed by atoms with van der Waals surface area (Å²) < 4.78 is 0. The minimum atomic E-state index is -0.965. The first-order valence-electron chi connectivity index (χ1n) is 6.15. The monoisotopic (exact) mass is 272 g/mol. The van der Waals surface area contributed by atoms with Gasteiger partial charge in [0.15, 0.2) is 5.69 Å². The molecule has 1 aromatic carbocycles. The van der Waals surface area contributed by atoms with Gasteiger partial charge in [0.05, 0.1) is 11.8 Å². The molecule has 0 saturated carbocycles. The van der Waals surface area contributed by atoms with Crippen LogP contribution in [0.5, 0.6) is 0 Å². The number of nitrogens with one attached hydrogen (secondary N) is 1. The number of aromatic carboxylic acids is 1. The number of rotatable bonds is 2. The third kappa shape index (κ3) is 2.13. The topological polar surface area (TPSA) is 99.2 Å². The highest BCUT2D eigenvalue weighted by Gasteiger charge is 2.23. The van der Waals surface area contributed by atoms with E-state index in [1.54, 1.807) is 17.0 Å². The minimum Gasteiger partial charge on any atom is -0.478 e. The molecule has 0 bridgehead atoms. The fourth-order valence-electron chi connectivity index (χ4n) is 2.33. The number of carboxylic acids is 1. The van der Waals surface area contributed by atoms with Gasteiger partial charge >= 0.3 is 5.97 Å². The molecule has 20 heavy (non-hydrogen) atoms. The Morgan fingerprint density at radius 3 is 2.85 bits per heavy atom. The second-order valence-corrected chi connectivity index (χ2v) is 4.62. The number of carbonyl (C=O) groups excluding carboxylic acids is 1. The molecule has 2 N–H and O–H groups in total. The number of carboxylic acid groups (broad SMARTS) is 1. The van der Waals surface area contributed by atoms with Crippen LogP contribution in [-0.4, -0.2) is 43.8 Å². The number of hydrogen-bond acceptors (Lipinski definition) is 4. The van der Waals surface area contributed by atoms with Crippen molar-refractivity contribution in [3.63, 3.8) is 0 Å². The van der Waals surface area contributed by atoms with Crippen molar-refractivity contribution in [1.29, 1.82) is 0 Å². The van der Waals surface area contributed by atoms with Crippen LogP contribution in [0.4, 0.5) is 0 Å². The zero-order chi connectivity index (χ0) is 14.1. The fraction of sp³-hybridized carbons (Fsp3) is 0.231. The van der Waals surface area contributed by atoms with Gasteiger partial charge in [0, 0.05) is 13.1 Å². The molecule has 1 aliphatic heterocycles. The Kier molecular flexibility index (Phi) is 2.94. The summed E-state index contributed by atoms with van der Waals surface area (Å²) in [5, 5.41) is 18.8. The second kappa shape index (κ2) is 4.76. The molecule has 0 radical (unpaired) electrons. The molecule has 1 amide bonds. The molecule has 0 aliphatic carbocycles. The third-order valence-corrected chi connectivity index (χ3v) is 3.39. The van der Waals surface area contributed by atoms with E-state index in [2.05, 4.69) is 15.4 Å². The van der Waals surface area contributed by atoms with E-state index in [4.69, 9.17) is 5.11 Å². The average molecular weight is 272 g/mol. The number of amides is 1. The Labute approximate surface area is 114 Å². The maximum atomic E-state index is 12.2. The quantitative estimate of drug-likeness (QED) is 0.838. The highest BCUT2D eigenvalue weighted by Crippen LogP contribution is 2.21. The first-order valence-corrected chi connectivity index (χ1v) is 6.15. The number of carbonyl (C=O) groups is 2. The number of nitrogens with zero attached hydrogens (tertiary/aromatic N) is 3. The number of fused-ring (bicyclic) bond motifs is 1. The molecular formula is C13H12N4O3. The highest BCUT2D eigenvalue weighted by molar-refractivity contribution is 5.92. The summed E-state index contributed by atoms with van der Waals surface area (Å²) in [6.07, 6.45) is 2.09. The molecule has 3 rings (SSSR count). The average Bonchev–Trinajstić information content (AvgIpc) is 2.99. The van der Waals surface area contributed by atoms with Crippen molar-refractivity contribution in [3.05, 3.63) is 46.8 Å². The first kappa shape index (κ1) is 12.3. The number of benzene rings is 1. The van der Waals surface area contributed by atoms with Crippen LogP contribution in [0.15, 0.2) is 24.4 Å². The molecule has 7 heteroatoms. The molecule has 2 aromatic rings. The second-order valence-electron chi connectivity index (χ2n) is 4.62. The maximum Gasteiger partial charge on any atom is 0.335 e. The summed E-state index contributed by atoms with van der Waals surface area (Å²) in [6, 6.07) is 5.03. The van der Waals surface area contributed by atoms with E-state index in [9.17, 15) is 9.59 Å². The van der Waals surface area contributed by atoms with Gasteiger partial charge in [0.2, 0.25) is 0 Å². The van der Waals surface area contributed by atoms with Crippen molar-refractivity contribution < 1.29 is 14.7 Å². The zero-order valence-corrected chi connectivity index (χ0v) is 10.5. The molecule has 0 saturated heterocycles. The predicted octanol–water partition coefficient (Wildman–Crippen LogP) is 0.701. The van der Waals surface area contributed by atoms with Crippen molar-refractivity contribution in [2.24, 2.45) is 0 Å². The summed E-state index contributed by atoms with van der Waals surface area (Å²) in [5.41, 5.74) is 2.45. The van der Waals surface area contributed by atoms with Gasteiger partial charge in [-0.1, -0.05) is 6.07 Å². The molecule has 2 heterocycles. The first-order chi connectivity index (χ1) is 9.65. The summed E-state index contributed by atoms with van der Waals surface area (Å²) in [7, 11) is 0. The largest absolute Gasteiger partial charge is 0.478 e. The van der Waals surface area contributed by atoms with Gasteiger partial charge in [-0.05, 0) is 29.7 Å². The van der Waals surface area contributed by atoms with Crippen molar-refractivity contribution in [1.82, 2.24) is 20.3 Å².